The maximum Gasteiger partial charge on any atom is 0.326 e. The summed E-state index contributed by atoms with van der Waals surface area (Å²) in [6, 6.07) is 6.82. The van der Waals surface area contributed by atoms with Crippen molar-refractivity contribution in [2.24, 2.45) is 11.7 Å². The van der Waals surface area contributed by atoms with Gasteiger partial charge in [-0.05, 0) is 32.4 Å². The molecule has 1 fully saturated rings. The van der Waals surface area contributed by atoms with Crippen LogP contribution < -0.4 is 15.8 Å². The number of carboxylic acid groups (broad SMARTS) is 3. The Hall–Kier alpha value is -3.67. The van der Waals surface area contributed by atoms with E-state index in [0.717, 1.165) is 6.42 Å². The molecule has 6 N–H and O–H groups in total. The van der Waals surface area contributed by atoms with E-state index in [2.05, 4.69) is 5.32 Å². The fourth-order valence-electron chi connectivity index (χ4n) is 2.15. The quantitative estimate of drug-likeness (QED) is 0.273. The van der Waals surface area contributed by atoms with Crippen LogP contribution in [0.25, 0.3) is 0 Å². The summed E-state index contributed by atoms with van der Waals surface area (Å²) in [4.78, 5) is 54.2. The highest BCUT2D eigenvalue weighted by molar-refractivity contribution is 5.82. The van der Waals surface area contributed by atoms with Crippen LogP contribution in [-0.2, 0) is 19.2 Å². The van der Waals surface area contributed by atoms with Crippen LogP contribution >= 0.6 is 0 Å². The lowest BCUT2D eigenvalue weighted by Crippen LogP contribution is -2.52. The number of ether oxygens (including phenoxy) is 1. The number of rotatable bonds is 7. The fourth-order valence-corrected chi connectivity index (χ4v) is 2.15. The molecular formula is C23H39N3O9. The SMILES string of the molecule is C.C.C[C@@H](C(=O)O)N1CCCNC1=O.C[C@H](CC(=O)Oc1ccccc1)C(=O)O.C[C@H](N)C(=O)O. The number of nitrogens with two attached hydrogens (primary N) is 1. The van der Waals surface area contributed by atoms with Crippen LogP contribution in [0.1, 0.15) is 48.5 Å². The second-order valence-corrected chi connectivity index (χ2v) is 7.15. The average Bonchev–Trinajstić information content (AvgIpc) is 2.75. The summed E-state index contributed by atoms with van der Waals surface area (Å²) in [6.45, 7) is 5.56. The Morgan fingerprint density at radius 3 is 1.91 bits per heavy atom. The molecule has 1 aliphatic rings. The highest BCUT2D eigenvalue weighted by atomic mass is 16.5. The number of benzene rings is 1. The van der Waals surface area contributed by atoms with E-state index in [0.29, 0.717) is 18.8 Å². The molecule has 12 nitrogen and oxygen atoms in total. The second kappa shape index (κ2) is 18.7. The van der Waals surface area contributed by atoms with Gasteiger partial charge >= 0.3 is 29.9 Å². The normalized spacial score (nSPS) is 14.3. The standard InChI is InChI=1S/C11H12O4.C7H12N2O3.C3H7NO2.2CH4/c1-8(11(13)14)7-10(12)15-9-5-3-2-4-6-9;1-5(6(10)11)9-4-2-3-8-7(9)12;1-2(4)3(5)6;;/h2-6,8H,7H2,1H3,(H,13,14);5H,2-4H2,1H3,(H,8,12)(H,10,11);2H,4H2,1H3,(H,5,6);2*1H4/t8-;5-;2-;;/m100../s1. The summed E-state index contributed by atoms with van der Waals surface area (Å²) in [5, 5.41) is 27.7. The maximum absolute atomic E-state index is 11.2. The largest absolute Gasteiger partial charge is 0.481 e. The van der Waals surface area contributed by atoms with Gasteiger partial charge in [-0.1, -0.05) is 40.0 Å². The zero-order valence-corrected chi connectivity index (χ0v) is 18.8. The van der Waals surface area contributed by atoms with Gasteiger partial charge in [0.25, 0.3) is 0 Å². The fraction of sp³-hybridized carbons (Fsp3) is 0.522. The number of aliphatic carboxylic acids is 3. The van der Waals surface area contributed by atoms with Crippen molar-refractivity contribution in [3.8, 4) is 5.75 Å². The Bertz CT molecular complexity index is 801. The number of carbonyl (C=O) groups is 5. The van der Waals surface area contributed by atoms with Crippen molar-refractivity contribution in [3.05, 3.63) is 30.3 Å². The Morgan fingerprint density at radius 2 is 1.51 bits per heavy atom. The third kappa shape index (κ3) is 15.7. The van der Waals surface area contributed by atoms with Gasteiger partial charge in [0.2, 0.25) is 0 Å². The third-order valence-corrected chi connectivity index (χ3v) is 4.20. The molecule has 0 aromatic heterocycles. The third-order valence-electron chi connectivity index (χ3n) is 4.20. The van der Waals surface area contributed by atoms with Gasteiger partial charge in [0.05, 0.1) is 12.3 Å². The van der Waals surface area contributed by atoms with E-state index >= 15 is 0 Å². The number of urea groups is 1. The first-order chi connectivity index (χ1) is 15.4. The van der Waals surface area contributed by atoms with Gasteiger partial charge in [-0.3, -0.25) is 14.4 Å². The van der Waals surface area contributed by atoms with Crippen LogP contribution in [0.15, 0.2) is 30.3 Å². The molecule has 1 aliphatic heterocycles. The van der Waals surface area contributed by atoms with Crippen LogP contribution in [0.4, 0.5) is 4.79 Å². The van der Waals surface area contributed by atoms with Gasteiger partial charge in [-0.2, -0.15) is 0 Å². The Labute approximate surface area is 206 Å². The van der Waals surface area contributed by atoms with E-state index in [-0.39, 0.29) is 27.3 Å². The molecule has 1 aromatic rings. The van der Waals surface area contributed by atoms with Crippen LogP contribution in [0.5, 0.6) is 5.75 Å². The number of nitrogens with zero attached hydrogens (tertiary/aromatic N) is 1. The lowest BCUT2D eigenvalue weighted by molar-refractivity contribution is -0.146. The van der Waals surface area contributed by atoms with Gasteiger partial charge in [0.1, 0.15) is 17.8 Å². The van der Waals surface area contributed by atoms with E-state index < -0.39 is 41.9 Å². The molecule has 1 aromatic carbocycles. The van der Waals surface area contributed by atoms with Crippen molar-refractivity contribution in [1.29, 1.82) is 0 Å². The average molecular weight is 502 g/mol. The zero-order chi connectivity index (χ0) is 25.6. The summed E-state index contributed by atoms with van der Waals surface area (Å²) in [6.07, 6.45) is 0.688. The Morgan fingerprint density at radius 1 is 1.00 bits per heavy atom. The molecule has 1 heterocycles. The lowest BCUT2D eigenvalue weighted by Gasteiger charge is -2.30. The van der Waals surface area contributed by atoms with Crippen molar-refractivity contribution in [2.45, 2.75) is 60.5 Å². The smallest absolute Gasteiger partial charge is 0.326 e. The van der Waals surface area contributed by atoms with Gasteiger partial charge in [0, 0.05) is 13.1 Å². The number of hydrogen-bond acceptors (Lipinski definition) is 7. The van der Waals surface area contributed by atoms with Crippen molar-refractivity contribution < 1.29 is 44.0 Å². The van der Waals surface area contributed by atoms with Crippen LogP contribution in [-0.4, -0.2) is 75.3 Å². The molecule has 2 amide bonds. The monoisotopic (exact) mass is 501 g/mol. The first kappa shape index (κ1) is 35.9. The molecule has 0 bridgehead atoms. The van der Waals surface area contributed by atoms with Gasteiger partial charge < -0.3 is 36.0 Å². The molecule has 35 heavy (non-hydrogen) atoms. The molecule has 0 aliphatic carbocycles. The molecule has 3 atom stereocenters. The minimum absolute atomic E-state index is 0. The first-order valence-electron chi connectivity index (χ1n) is 10.1. The maximum atomic E-state index is 11.2. The number of carboxylic acids is 3. The number of amides is 2. The summed E-state index contributed by atoms with van der Waals surface area (Å²) >= 11 is 0. The summed E-state index contributed by atoms with van der Waals surface area (Å²) in [7, 11) is 0. The zero-order valence-electron chi connectivity index (χ0n) is 18.8. The number of carbonyl (C=O) groups excluding carboxylic acids is 2. The highest BCUT2D eigenvalue weighted by Crippen LogP contribution is 2.11. The van der Waals surface area contributed by atoms with E-state index in [1.165, 1.54) is 25.7 Å². The van der Waals surface area contributed by atoms with Crippen molar-refractivity contribution in [2.75, 3.05) is 13.1 Å². The predicted octanol–water partition coefficient (Wildman–Crippen LogP) is 2.27. The van der Waals surface area contributed by atoms with Crippen LogP contribution in [0.3, 0.4) is 0 Å². The second-order valence-electron chi connectivity index (χ2n) is 7.15. The van der Waals surface area contributed by atoms with Gasteiger partial charge in [0.15, 0.2) is 0 Å². The minimum Gasteiger partial charge on any atom is -0.481 e. The molecule has 12 heteroatoms. The van der Waals surface area contributed by atoms with E-state index in [4.69, 9.17) is 25.8 Å². The molecule has 2 rings (SSSR count). The summed E-state index contributed by atoms with van der Waals surface area (Å²) in [5.74, 6) is -3.75. The molecule has 0 radical (unpaired) electrons. The van der Waals surface area contributed by atoms with Crippen molar-refractivity contribution >= 4 is 29.9 Å². The molecular weight excluding hydrogens is 462 g/mol. The predicted molar refractivity (Wildman–Crippen MR) is 130 cm³/mol. The number of nitrogens with one attached hydrogen (secondary N) is 1. The molecule has 200 valence electrons. The minimum atomic E-state index is -1.000. The number of esters is 1. The van der Waals surface area contributed by atoms with Crippen molar-refractivity contribution in [3.63, 3.8) is 0 Å². The van der Waals surface area contributed by atoms with Gasteiger partial charge in [-0.25, -0.2) is 9.59 Å². The van der Waals surface area contributed by atoms with Crippen molar-refractivity contribution in [1.82, 2.24) is 10.2 Å². The number of hydrogen-bond donors (Lipinski definition) is 5. The molecule has 1 saturated heterocycles. The lowest BCUT2D eigenvalue weighted by atomic mass is 10.1. The van der Waals surface area contributed by atoms with E-state index in [1.54, 1.807) is 30.3 Å². The number of para-hydroxylation sites is 1. The molecule has 0 unspecified atom stereocenters. The van der Waals surface area contributed by atoms with Crippen LogP contribution in [0, 0.1) is 5.92 Å². The summed E-state index contributed by atoms with van der Waals surface area (Å²) < 4.78 is 4.93. The Balaban J connectivity index is -0.000000462. The molecule has 0 saturated carbocycles. The summed E-state index contributed by atoms with van der Waals surface area (Å²) in [5.41, 5.74) is 4.84. The van der Waals surface area contributed by atoms with E-state index in [1.807, 2.05) is 0 Å². The molecule has 0 spiro atoms. The topological polar surface area (TPSA) is 197 Å². The Kier molecular flexibility index (Phi) is 19.2. The van der Waals surface area contributed by atoms with E-state index in [9.17, 15) is 24.0 Å². The highest BCUT2D eigenvalue weighted by Gasteiger charge is 2.27. The first-order valence-corrected chi connectivity index (χ1v) is 10.1. The van der Waals surface area contributed by atoms with Crippen LogP contribution in [0.2, 0.25) is 0 Å². The van der Waals surface area contributed by atoms with Gasteiger partial charge in [-0.15, -0.1) is 0 Å².